The van der Waals surface area contributed by atoms with Crippen LogP contribution in [-0.2, 0) is 0 Å². The molecule has 122 valence electrons. The molecule has 2 rings (SSSR count). The molecule has 2 N–H and O–H groups in total. The van der Waals surface area contributed by atoms with Crippen molar-refractivity contribution in [2.45, 2.75) is 4.90 Å². The van der Waals surface area contributed by atoms with E-state index in [1.54, 1.807) is 24.3 Å². The van der Waals surface area contributed by atoms with E-state index < -0.39 is 6.03 Å². The summed E-state index contributed by atoms with van der Waals surface area (Å²) in [6.45, 7) is 0. The monoisotopic (exact) mass is 334 g/mol. The summed E-state index contributed by atoms with van der Waals surface area (Å²) in [5, 5.41) is 5.44. The lowest BCUT2D eigenvalue weighted by atomic mass is 10.2. The Labute approximate surface area is 140 Å². The molecule has 0 saturated heterocycles. The summed E-state index contributed by atoms with van der Waals surface area (Å²) in [5.74, 6) is 1.29. The molecule has 0 saturated carbocycles. The summed E-state index contributed by atoms with van der Waals surface area (Å²) in [6.07, 6.45) is 0. The third-order valence-electron chi connectivity index (χ3n) is 3.10. The van der Waals surface area contributed by atoms with Crippen LogP contribution in [0.5, 0.6) is 17.2 Å². The maximum Gasteiger partial charge on any atom is 0.323 e. The van der Waals surface area contributed by atoms with Crippen LogP contribution < -0.4 is 24.8 Å². The summed E-state index contributed by atoms with van der Waals surface area (Å²) < 4.78 is 15.8. The highest BCUT2D eigenvalue weighted by atomic mass is 32.1. The van der Waals surface area contributed by atoms with Crippen molar-refractivity contribution < 1.29 is 19.0 Å². The number of para-hydroxylation sites is 1. The highest BCUT2D eigenvalue weighted by Crippen LogP contribution is 2.42. The normalized spacial score (nSPS) is 9.91. The summed E-state index contributed by atoms with van der Waals surface area (Å²) in [4.78, 5) is 12.8. The van der Waals surface area contributed by atoms with Crippen LogP contribution in [0.3, 0.4) is 0 Å². The lowest BCUT2D eigenvalue weighted by Crippen LogP contribution is -2.20. The molecule has 0 unspecified atom stereocenters. The molecule has 6 nitrogen and oxygen atoms in total. The van der Waals surface area contributed by atoms with Crippen molar-refractivity contribution in [3.8, 4) is 17.2 Å². The zero-order valence-corrected chi connectivity index (χ0v) is 13.9. The summed E-state index contributed by atoms with van der Waals surface area (Å²) in [7, 11) is 4.52. The van der Waals surface area contributed by atoms with E-state index in [4.69, 9.17) is 14.2 Å². The minimum absolute atomic E-state index is 0.376. The van der Waals surface area contributed by atoms with E-state index in [2.05, 4.69) is 23.3 Å². The molecule has 2 aromatic carbocycles. The van der Waals surface area contributed by atoms with Gasteiger partial charge in [0, 0.05) is 4.90 Å². The van der Waals surface area contributed by atoms with Crippen LogP contribution in [0.25, 0.3) is 0 Å². The fourth-order valence-electron chi connectivity index (χ4n) is 2.05. The minimum Gasteiger partial charge on any atom is -0.493 e. The number of anilines is 2. The maximum absolute atomic E-state index is 12.2. The Hall–Kier alpha value is -2.54. The number of nitrogens with one attached hydrogen (secondary N) is 2. The fourth-order valence-corrected chi connectivity index (χ4v) is 2.27. The van der Waals surface area contributed by atoms with E-state index in [0.29, 0.717) is 33.5 Å². The first kappa shape index (κ1) is 16.8. The Balaban J connectivity index is 2.22. The molecule has 7 heteroatoms. The number of carbonyl (C=O) groups is 1. The molecule has 0 aliphatic carbocycles. The second kappa shape index (κ2) is 7.64. The molecule has 0 aliphatic heterocycles. The van der Waals surface area contributed by atoms with E-state index in [0.717, 1.165) is 0 Å². The van der Waals surface area contributed by atoms with Crippen LogP contribution in [0.2, 0.25) is 0 Å². The predicted octanol–water partition coefficient (Wildman–Crippen LogP) is 3.65. The van der Waals surface area contributed by atoms with Gasteiger partial charge in [0.1, 0.15) is 0 Å². The van der Waals surface area contributed by atoms with Gasteiger partial charge >= 0.3 is 6.03 Å². The van der Waals surface area contributed by atoms with Gasteiger partial charge in [-0.05, 0) is 24.3 Å². The van der Waals surface area contributed by atoms with Crippen LogP contribution in [-0.4, -0.2) is 27.4 Å². The van der Waals surface area contributed by atoms with Crippen LogP contribution in [0.1, 0.15) is 0 Å². The second-order valence-electron chi connectivity index (χ2n) is 4.48. The largest absolute Gasteiger partial charge is 0.493 e. The highest BCUT2D eigenvalue weighted by Gasteiger charge is 2.17. The van der Waals surface area contributed by atoms with Gasteiger partial charge in [0.2, 0.25) is 5.75 Å². The van der Waals surface area contributed by atoms with Crippen molar-refractivity contribution in [2.75, 3.05) is 32.0 Å². The van der Waals surface area contributed by atoms with Crippen molar-refractivity contribution in [3.05, 3.63) is 36.4 Å². The fraction of sp³-hybridized carbons (Fsp3) is 0.188. The number of hydrogen-bond acceptors (Lipinski definition) is 5. The first-order valence-electron chi connectivity index (χ1n) is 6.75. The maximum atomic E-state index is 12.2. The van der Waals surface area contributed by atoms with Crippen molar-refractivity contribution >= 4 is 30.0 Å². The van der Waals surface area contributed by atoms with Gasteiger partial charge in [0.25, 0.3) is 0 Å². The SMILES string of the molecule is COc1ccc(NC(=O)Nc2ccccc2S)c(OC)c1OC. The van der Waals surface area contributed by atoms with Gasteiger partial charge in [0.15, 0.2) is 11.5 Å². The standard InChI is InChI=1S/C16H18N2O4S/c1-20-12-9-8-11(14(21-2)15(12)22-3)18-16(19)17-10-6-4-5-7-13(10)23/h4-9,23H,1-3H3,(H2,17,18,19). The van der Waals surface area contributed by atoms with Crippen molar-refractivity contribution in [1.82, 2.24) is 0 Å². The number of urea groups is 1. The smallest absolute Gasteiger partial charge is 0.323 e. The van der Waals surface area contributed by atoms with E-state index in [1.165, 1.54) is 21.3 Å². The van der Waals surface area contributed by atoms with Gasteiger partial charge < -0.3 is 24.8 Å². The quantitative estimate of drug-likeness (QED) is 0.730. The van der Waals surface area contributed by atoms with E-state index >= 15 is 0 Å². The third kappa shape index (κ3) is 3.81. The molecule has 0 spiro atoms. The number of hydrogen-bond donors (Lipinski definition) is 3. The molecule has 0 aliphatic rings. The third-order valence-corrected chi connectivity index (χ3v) is 3.49. The van der Waals surface area contributed by atoms with Gasteiger partial charge in [-0.25, -0.2) is 4.79 Å². The number of ether oxygens (including phenoxy) is 3. The number of rotatable bonds is 5. The number of methoxy groups -OCH3 is 3. The van der Waals surface area contributed by atoms with E-state index in [1.807, 2.05) is 12.1 Å². The molecular formula is C16H18N2O4S. The van der Waals surface area contributed by atoms with Crippen LogP contribution in [0, 0.1) is 0 Å². The Bertz CT molecular complexity index is 706. The van der Waals surface area contributed by atoms with Crippen LogP contribution in [0.4, 0.5) is 16.2 Å². The number of thiol groups is 1. The summed E-state index contributed by atoms with van der Waals surface area (Å²) in [6, 6.07) is 10.1. The highest BCUT2D eigenvalue weighted by molar-refractivity contribution is 7.80. The Morgan fingerprint density at radius 1 is 0.870 bits per heavy atom. The predicted molar refractivity (Wildman–Crippen MR) is 92.4 cm³/mol. The molecule has 0 bridgehead atoms. The molecular weight excluding hydrogens is 316 g/mol. The lowest BCUT2D eigenvalue weighted by Gasteiger charge is -2.16. The van der Waals surface area contributed by atoms with Gasteiger partial charge in [0.05, 0.1) is 32.7 Å². The average Bonchev–Trinajstić information content (AvgIpc) is 2.56. The molecule has 2 aromatic rings. The van der Waals surface area contributed by atoms with Crippen molar-refractivity contribution in [3.63, 3.8) is 0 Å². The molecule has 2 amide bonds. The van der Waals surface area contributed by atoms with E-state index in [-0.39, 0.29) is 0 Å². The first-order chi connectivity index (χ1) is 11.1. The average molecular weight is 334 g/mol. The number of carbonyl (C=O) groups excluding carboxylic acids is 1. The number of benzene rings is 2. The Morgan fingerprint density at radius 2 is 1.52 bits per heavy atom. The van der Waals surface area contributed by atoms with Crippen molar-refractivity contribution in [1.29, 1.82) is 0 Å². The molecule has 0 atom stereocenters. The van der Waals surface area contributed by atoms with Gasteiger partial charge in [-0.1, -0.05) is 12.1 Å². The van der Waals surface area contributed by atoms with Gasteiger partial charge in [-0.2, -0.15) is 0 Å². The first-order valence-corrected chi connectivity index (χ1v) is 7.20. The zero-order chi connectivity index (χ0) is 16.8. The molecule has 0 fully saturated rings. The summed E-state index contributed by atoms with van der Waals surface area (Å²) in [5.41, 5.74) is 1.06. The van der Waals surface area contributed by atoms with Crippen LogP contribution in [0.15, 0.2) is 41.3 Å². The van der Waals surface area contributed by atoms with E-state index in [9.17, 15) is 4.79 Å². The molecule has 23 heavy (non-hydrogen) atoms. The molecule has 0 radical (unpaired) electrons. The minimum atomic E-state index is -0.419. The second-order valence-corrected chi connectivity index (χ2v) is 4.96. The van der Waals surface area contributed by atoms with Gasteiger partial charge in [-0.3, -0.25) is 0 Å². The van der Waals surface area contributed by atoms with Crippen molar-refractivity contribution in [2.24, 2.45) is 0 Å². The Kier molecular flexibility index (Phi) is 5.59. The van der Waals surface area contributed by atoms with Gasteiger partial charge in [-0.15, -0.1) is 12.6 Å². The molecule has 0 heterocycles. The lowest BCUT2D eigenvalue weighted by molar-refractivity contribution is 0.262. The van der Waals surface area contributed by atoms with Crippen LogP contribution >= 0.6 is 12.6 Å². The number of amides is 2. The molecule has 0 aromatic heterocycles. The zero-order valence-electron chi connectivity index (χ0n) is 13.0. The Morgan fingerprint density at radius 3 is 2.13 bits per heavy atom. The topological polar surface area (TPSA) is 68.8 Å². The summed E-state index contributed by atoms with van der Waals surface area (Å²) >= 11 is 4.29.